The second-order valence-corrected chi connectivity index (χ2v) is 7.97. The number of ketones is 2. The van der Waals surface area contributed by atoms with Crippen LogP contribution in [0.25, 0.3) is 0 Å². The van der Waals surface area contributed by atoms with Crippen LogP contribution in [0.4, 0.5) is 5.69 Å². The van der Waals surface area contributed by atoms with Gasteiger partial charge in [0, 0.05) is 33.0 Å². The van der Waals surface area contributed by atoms with E-state index in [1.54, 1.807) is 24.3 Å². The molecule has 0 saturated carbocycles. The summed E-state index contributed by atoms with van der Waals surface area (Å²) in [6, 6.07) is 8.32. The largest absolute Gasteiger partial charge is 0.453 e. The number of benzene rings is 1. The van der Waals surface area contributed by atoms with Crippen LogP contribution in [-0.4, -0.2) is 29.5 Å². The third-order valence-corrected chi connectivity index (χ3v) is 5.08. The van der Waals surface area contributed by atoms with Crippen LogP contribution < -0.4 is 5.32 Å². The van der Waals surface area contributed by atoms with Crippen molar-refractivity contribution in [3.63, 3.8) is 0 Å². The van der Waals surface area contributed by atoms with E-state index in [1.807, 2.05) is 19.9 Å². The number of esters is 1. The van der Waals surface area contributed by atoms with Crippen LogP contribution in [0, 0.1) is 13.8 Å². The molecule has 0 bridgehead atoms. The van der Waals surface area contributed by atoms with Crippen LogP contribution in [0.3, 0.4) is 0 Å². The molecule has 0 radical (unpaired) electrons. The number of rotatable bonds is 8. The van der Waals surface area contributed by atoms with Crippen molar-refractivity contribution in [3.05, 3.63) is 51.2 Å². The molecule has 6 nitrogen and oxygen atoms in total. The predicted octanol–water partition coefficient (Wildman–Crippen LogP) is 4.10. The predicted molar refractivity (Wildman–Crippen MR) is 108 cm³/mol. The molecular formula is C21H23NO5S. The van der Waals surface area contributed by atoms with Gasteiger partial charge in [-0.2, -0.15) is 0 Å². The SMILES string of the molecule is CC(=O)c1cccc(NC(=O)[C@@H](C)OC(=O)CCC(=O)c2cc(C)sc2C)c1. The first-order valence-corrected chi connectivity index (χ1v) is 9.70. The molecule has 1 heterocycles. The summed E-state index contributed by atoms with van der Waals surface area (Å²) in [6.07, 6.45) is -1.08. The molecule has 1 aromatic heterocycles. The summed E-state index contributed by atoms with van der Waals surface area (Å²) in [6.45, 7) is 6.69. The van der Waals surface area contributed by atoms with Crippen molar-refractivity contribution in [2.45, 2.75) is 46.6 Å². The Bertz CT molecular complexity index is 915. The molecule has 2 aromatic rings. The second kappa shape index (κ2) is 9.41. The van der Waals surface area contributed by atoms with Crippen molar-refractivity contribution < 1.29 is 23.9 Å². The lowest BCUT2D eigenvalue weighted by molar-refractivity contribution is -0.153. The van der Waals surface area contributed by atoms with Crippen LogP contribution >= 0.6 is 11.3 Å². The number of nitrogens with one attached hydrogen (secondary N) is 1. The van der Waals surface area contributed by atoms with Crippen molar-refractivity contribution in [2.24, 2.45) is 0 Å². The fraction of sp³-hybridized carbons (Fsp3) is 0.333. The molecule has 2 rings (SSSR count). The topological polar surface area (TPSA) is 89.5 Å². The van der Waals surface area contributed by atoms with Gasteiger partial charge in [-0.15, -0.1) is 11.3 Å². The Labute approximate surface area is 167 Å². The van der Waals surface area contributed by atoms with E-state index >= 15 is 0 Å². The number of hydrogen-bond donors (Lipinski definition) is 1. The number of anilines is 1. The highest BCUT2D eigenvalue weighted by molar-refractivity contribution is 7.12. The fourth-order valence-corrected chi connectivity index (χ4v) is 3.57. The van der Waals surface area contributed by atoms with Gasteiger partial charge in [0.25, 0.3) is 5.91 Å². The molecule has 1 atom stereocenters. The van der Waals surface area contributed by atoms with Gasteiger partial charge >= 0.3 is 5.97 Å². The van der Waals surface area contributed by atoms with E-state index in [0.29, 0.717) is 16.8 Å². The maximum absolute atomic E-state index is 12.2. The van der Waals surface area contributed by atoms with E-state index in [9.17, 15) is 19.2 Å². The van der Waals surface area contributed by atoms with Gasteiger partial charge < -0.3 is 10.1 Å². The zero-order valence-electron chi connectivity index (χ0n) is 16.3. The lowest BCUT2D eigenvalue weighted by Gasteiger charge is -2.14. The molecule has 1 N–H and O–H groups in total. The first kappa shape index (κ1) is 21.5. The molecule has 148 valence electrons. The average Bonchev–Trinajstić information content (AvgIpc) is 2.98. The number of amides is 1. The zero-order chi connectivity index (χ0) is 20.8. The van der Waals surface area contributed by atoms with Gasteiger partial charge in [0.1, 0.15) is 0 Å². The number of carbonyl (C=O) groups is 4. The number of ether oxygens (including phenoxy) is 1. The highest BCUT2D eigenvalue weighted by Crippen LogP contribution is 2.22. The molecule has 0 aliphatic carbocycles. The Hall–Kier alpha value is -2.80. The summed E-state index contributed by atoms with van der Waals surface area (Å²) in [7, 11) is 0. The average molecular weight is 401 g/mol. The number of thiophene rings is 1. The molecule has 0 fully saturated rings. The van der Waals surface area contributed by atoms with Crippen molar-refractivity contribution in [2.75, 3.05) is 5.32 Å². The highest BCUT2D eigenvalue weighted by atomic mass is 32.1. The summed E-state index contributed by atoms with van der Waals surface area (Å²) < 4.78 is 5.12. The van der Waals surface area contributed by atoms with Gasteiger partial charge in [0.05, 0.1) is 6.42 Å². The van der Waals surface area contributed by atoms with Gasteiger partial charge in [-0.1, -0.05) is 12.1 Å². The number of hydrogen-bond acceptors (Lipinski definition) is 6. The van der Waals surface area contributed by atoms with Crippen LogP contribution in [0.15, 0.2) is 30.3 Å². The van der Waals surface area contributed by atoms with Crippen LogP contribution in [-0.2, 0) is 14.3 Å². The monoisotopic (exact) mass is 401 g/mol. The molecular weight excluding hydrogens is 378 g/mol. The summed E-state index contributed by atoms with van der Waals surface area (Å²) in [5.41, 5.74) is 1.55. The smallest absolute Gasteiger partial charge is 0.307 e. The molecule has 0 saturated heterocycles. The zero-order valence-corrected chi connectivity index (χ0v) is 17.1. The van der Waals surface area contributed by atoms with Crippen LogP contribution in [0.2, 0.25) is 0 Å². The number of Topliss-reactive ketones (excluding diaryl/α,β-unsaturated/α-hetero) is 2. The van der Waals surface area contributed by atoms with Gasteiger partial charge in [-0.05, 0) is 45.9 Å². The lowest BCUT2D eigenvalue weighted by atomic mass is 10.1. The van der Waals surface area contributed by atoms with Crippen molar-refractivity contribution in [3.8, 4) is 0 Å². The lowest BCUT2D eigenvalue weighted by Crippen LogP contribution is -2.30. The molecule has 1 aromatic carbocycles. The minimum atomic E-state index is -1.02. The van der Waals surface area contributed by atoms with E-state index in [-0.39, 0.29) is 24.4 Å². The van der Waals surface area contributed by atoms with Gasteiger partial charge in [0.15, 0.2) is 17.7 Å². The summed E-state index contributed by atoms with van der Waals surface area (Å²) in [4.78, 5) is 49.8. The Kier molecular flexibility index (Phi) is 7.23. The van der Waals surface area contributed by atoms with Gasteiger partial charge in [-0.25, -0.2) is 0 Å². The van der Waals surface area contributed by atoms with Crippen molar-refractivity contribution in [1.29, 1.82) is 0 Å². The van der Waals surface area contributed by atoms with E-state index in [0.717, 1.165) is 9.75 Å². The van der Waals surface area contributed by atoms with Gasteiger partial charge in [-0.3, -0.25) is 19.2 Å². The standard InChI is InChI=1S/C21H23NO5S/c1-12-10-18(15(4)28-12)19(24)8-9-20(25)27-14(3)21(26)22-17-7-5-6-16(11-17)13(2)23/h5-7,10-11,14H,8-9H2,1-4H3,(H,22,26)/t14-/m1/s1. The normalized spacial score (nSPS) is 11.6. The molecule has 28 heavy (non-hydrogen) atoms. The maximum Gasteiger partial charge on any atom is 0.307 e. The maximum atomic E-state index is 12.2. The number of carbonyl (C=O) groups excluding carboxylic acids is 4. The molecule has 0 spiro atoms. The Morgan fingerprint density at radius 2 is 1.82 bits per heavy atom. The molecule has 1 amide bonds. The van der Waals surface area contributed by atoms with E-state index < -0.39 is 18.0 Å². The molecule has 7 heteroatoms. The summed E-state index contributed by atoms with van der Waals surface area (Å²) in [5.74, 6) is -1.35. The van der Waals surface area contributed by atoms with Gasteiger partial charge in [0.2, 0.25) is 0 Å². The Morgan fingerprint density at radius 1 is 1.11 bits per heavy atom. The Balaban J connectivity index is 1.85. The van der Waals surface area contributed by atoms with Crippen LogP contribution in [0.5, 0.6) is 0 Å². The van der Waals surface area contributed by atoms with E-state index in [2.05, 4.69) is 5.32 Å². The molecule has 0 aliphatic heterocycles. The van der Waals surface area contributed by atoms with Crippen molar-refractivity contribution >= 4 is 40.5 Å². The first-order chi connectivity index (χ1) is 13.2. The fourth-order valence-electron chi connectivity index (χ4n) is 2.63. The number of aryl methyl sites for hydroxylation is 2. The minimum absolute atomic E-state index is 0.0326. The third-order valence-electron chi connectivity index (χ3n) is 4.11. The highest BCUT2D eigenvalue weighted by Gasteiger charge is 2.20. The molecule has 0 aliphatic rings. The summed E-state index contributed by atoms with van der Waals surface area (Å²) in [5, 5.41) is 2.61. The second-order valence-electron chi connectivity index (χ2n) is 6.51. The first-order valence-electron chi connectivity index (χ1n) is 8.89. The van der Waals surface area contributed by atoms with E-state index in [1.165, 1.54) is 25.2 Å². The van der Waals surface area contributed by atoms with Crippen LogP contribution in [0.1, 0.15) is 57.2 Å². The molecule has 0 unspecified atom stereocenters. The minimum Gasteiger partial charge on any atom is -0.453 e. The van der Waals surface area contributed by atoms with E-state index in [4.69, 9.17) is 4.74 Å². The Morgan fingerprint density at radius 3 is 2.43 bits per heavy atom. The quantitative estimate of drug-likeness (QED) is 0.531. The summed E-state index contributed by atoms with van der Waals surface area (Å²) >= 11 is 1.54. The van der Waals surface area contributed by atoms with Crippen molar-refractivity contribution in [1.82, 2.24) is 0 Å². The third kappa shape index (κ3) is 5.85.